The van der Waals surface area contributed by atoms with Crippen LogP contribution in [-0.4, -0.2) is 43.2 Å². The molecule has 0 aliphatic carbocycles. The summed E-state index contributed by atoms with van der Waals surface area (Å²) in [5, 5.41) is 2.62. The molecular weight excluding hydrogens is 296 g/mol. The highest BCUT2D eigenvalue weighted by Gasteiger charge is 2.24. The second-order valence-electron chi connectivity index (χ2n) is 4.58. The van der Waals surface area contributed by atoms with E-state index in [0.717, 1.165) is 17.9 Å². The van der Waals surface area contributed by atoms with Gasteiger partial charge in [-0.2, -0.15) is 16.1 Å². The van der Waals surface area contributed by atoms with Crippen molar-refractivity contribution >= 4 is 33.4 Å². The first-order chi connectivity index (χ1) is 9.50. The van der Waals surface area contributed by atoms with Gasteiger partial charge in [-0.3, -0.25) is 4.79 Å². The lowest BCUT2D eigenvalue weighted by molar-refractivity contribution is -0.114. The van der Waals surface area contributed by atoms with E-state index in [1.165, 1.54) is 6.92 Å². The molecule has 0 saturated carbocycles. The molecule has 1 aromatic rings. The zero-order valence-corrected chi connectivity index (χ0v) is 13.0. The van der Waals surface area contributed by atoms with Gasteiger partial charge in [0.2, 0.25) is 15.9 Å². The summed E-state index contributed by atoms with van der Waals surface area (Å²) in [5.41, 5.74) is 0.600. The van der Waals surface area contributed by atoms with Gasteiger partial charge in [0.05, 0.1) is 4.90 Å². The van der Waals surface area contributed by atoms with Crippen LogP contribution in [0.4, 0.5) is 5.69 Å². The summed E-state index contributed by atoms with van der Waals surface area (Å²) in [5.74, 6) is 1.67. The maximum absolute atomic E-state index is 12.5. The van der Waals surface area contributed by atoms with Crippen molar-refractivity contribution in [3.63, 3.8) is 0 Å². The highest BCUT2D eigenvalue weighted by molar-refractivity contribution is 7.99. The Hall–Kier alpha value is -1.05. The normalized spacial score (nSPS) is 17.4. The van der Waals surface area contributed by atoms with Crippen LogP contribution in [0.3, 0.4) is 0 Å². The van der Waals surface area contributed by atoms with E-state index in [4.69, 9.17) is 0 Å². The lowest BCUT2D eigenvalue weighted by Gasteiger charge is -2.19. The van der Waals surface area contributed by atoms with E-state index < -0.39 is 10.0 Å². The fourth-order valence-electron chi connectivity index (χ4n) is 2.03. The van der Waals surface area contributed by atoms with Crippen molar-refractivity contribution in [1.82, 2.24) is 4.31 Å². The van der Waals surface area contributed by atoms with Gasteiger partial charge in [-0.05, 0) is 36.4 Å². The minimum absolute atomic E-state index is 0.176. The predicted molar refractivity (Wildman–Crippen MR) is 81.4 cm³/mol. The second-order valence-corrected chi connectivity index (χ2v) is 7.74. The van der Waals surface area contributed by atoms with Gasteiger partial charge in [-0.25, -0.2) is 8.42 Å². The van der Waals surface area contributed by atoms with Gasteiger partial charge in [-0.15, -0.1) is 0 Å². The summed E-state index contributed by atoms with van der Waals surface area (Å²) < 4.78 is 26.5. The van der Waals surface area contributed by atoms with E-state index in [9.17, 15) is 13.2 Å². The molecule has 0 bridgehead atoms. The number of benzene rings is 1. The summed E-state index contributed by atoms with van der Waals surface area (Å²) in [6.45, 7) is 2.54. The maximum Gasteiger partial charge on any atom is 0.243 e. The summed E-state index contributed by atoms with van der Waals surface area (Å²) in [7, 11) is -3.42. The Bertz CT molecular complexity index is 562. The molecule has 1 fully saturated rings. The van der Waals surface area contributed by atoms with Gasteiger partial charge < -0.3 is 5.32 Å². The molecule has 7 heteroatoms. The van der Waals surface area contributed by atoms with Crippen LogP contribution in [0.15, 0.2) is 29.2 Å². The summed E-state index contributed by atoms with van der Waals surface area (Å²) in [4.78, 5) is 11.2. The van der Waals surface area contributed by atoms with Crippen LogP contribution in [-0.2, 0) is 14.8 Å². The van der Waals surface area contributed by atoms with Gasteiger partial charge >= 0.3 is 0 Å². The van der Waals surface area contributed by atoms with Gasteiger partial charge in [0.25, 0.3) is 0 Å². The summed E-state index contributed by atoms with van der Waals surface area (Å²) in [6.07, 6.45) is 0.883. The van der Waals surface area contributed by atoms with Crippen molar-refractivity contribution in [2.24, 2.45) is 0 Å². The van der Waals surface area contributed by atoms with Crippen molar-refractivity contribution in [2.75, 3.05) is 29.9 Å². The van der Waals surface area contributed by atoms with Crippen LogP contribution in [0.2, 0.25) is 0 Å². The van der Waals surface area contributed by atoms with Gasteiger partial charge in [0.1, 0.15) is 0 Å². The van der Waals surface area contributed by atoms with E-state index >= 15 is 0 Å². The standard InChI is InChI=1S/C13H18N2O3S2/c1-11(16)14-12-3-5-13(6-4-12)20(17,18)15-7-2-9-19-10-8-15/h3-6H,2,7-10H2,1H3,(H,14,16). The molecule has 20 heavy (non-hydrogen) atoms. The average molecular weight is 314 g/mol. The number of carbonyl (C=O) groups is 1. The van der Waals surface area contributed by atoms with Crippen LogP contribution >= 0.6 is 11.8 Å². The third-order valence-corrected chi connectivity index (χ3v) is 5.96. The molecule has 0 unspecified atom stereocenters. The number of rotatable bonds is 3. The minimum atomic E-state index is -3.42. The molecule has 0 aromatic heterocycles. The zero-order valence-electron chi connectivity index (χ0n) is 11.3. The zero-order chi connectivity index (χ0) is 14.6. The molecule has 1 aliphatic rings. The number of carbonyl (C=O) groups excluding carboxylic acids is 1. The van der Waals surface area contributed by atoms with Crippen molar-refractivity contribution in [2.45, 2.75) is 18.2 Å². The molecule has 0 spiro atoms. The molecule has 0 radical (unpaired) electrons. The number of amides is 1. The lowest BCUT2D eigenvalue weighted by Crippen LogP contribution is -2.32. The van der Waals surface area contributed by atoms with Crippen molar-refractivity contribution in [3.05, 3.63) is 24.3 Å². The summed E-state index contributed by atoms with van der Waals surface area (Å²) >= 11 is 1.79. The lowest BCUT2D eigenvalue weighted by atomic mass is 10.3. The van der Waals surface area contributed by atoms with Crippen LogP contribution < -0.4 is 5.32 Å². The van der Waals surface area contributed by atoms with E-state index in [0.29, 0.717) is 18.8 Å². The monoisotopic (exact) mass is 314 g/mol. The topological polar surface area (TPSA) is 66.5 Å². The number of thioether (sulfide) groups is 1. The molecular formula is C13H18N2O3S2. The van der Waals surface area contributed by atoms with E-state index in [1.807, 2.05) is 0 Å². The van der Waals surface area contributed by atoms with Crippen molar-refractivity contribution < 1.29 is 13.2 Å². The van der Waals surface area contributed by atoms with Crippen LogP contribution in [0.25, 0.3) is 0 Å². The smallest absolute Gasteiger partial charge is 0.243 e. The first-order valence-corrected chi connectivity index (χ1v) is 9.05. The van der Waals surface area contributed by atoms with Crippen LogP contribution in [0.1, 0.15) is 13.3 Å². The molecule has 5 nitrogen and oxygen atoms in total. The van der Waals surface area contributed by atoms with E-state index in [-0.39, 0.29) is 10.8 Å². The largest absolute Gasteiger partial charge is 0.326 e. The van der Waals surface area contributed by atoms with E-state index in [2.05, 4.69) is 5.32 Å². The Kier molecular flexibility index (Phi) is 5.06. The molecule has 0 atom stereocenters. The average Bonchev–Trinajstić information content (AvgIpc) is 2.68. The van der Waals surface area contributed by atoms with Crippen LogP contribution in [0.5, 0.6) is 0 Å². The predicted octanol–water partition coefficient (Wildman–Crippen LogP) is 1.77. The second kappa shape index (κ2) is 6.60. The molecule has 1 N–H and O–H groups in total. The van der Waals surface area contributed by atoms with Crippen LogP contribution in [0, 0.1) is 0 Å². The number of hydrogen-bond acceptors (Lipinski definition) is 4. The van der Waals surface area contributed by atoms with Gasteiger partial charge in [0, 0.05) is 31.5 Å². The Morgan fingerprint density at radius 2 is 1.90 bits per heavy atom. The molecule has 110 valence electrons. The molecule has 2 rings (SSSR count). The molecule has 1 aliphatic heterocycles. The highest BCUT2D eigenvalue weighted by Crippen LogP contribution is 2.21. The number of hydrogen-bond donors (Lipinski definition) is 1. The van der Waals surface area contributed by atoms with E-state index in [1.54, 1.807) is 40.3 Å². The highest BCUT2D eigenvalue weighted by atomic mass is 32.2. The Labute approximate surface area is 123 Å². The fraction of sp³-hybridized carbons (Fsp3) is 0.462. The quantitative estimate of drug-likeness (QED) is 0.923. The van der Waals surface area contributed by atoms with Gasteiger partial charge in [-0.1, -0.05) is 0 Å². The van der Waals surface area contributed by atoms with Crippen molar-refractivity contribution in [1.29, 1.82) is 0 Å². The number of anilines is 1. The minimum Gasteiger partial charge on any atom is -0.326 e. The Morgan fingerprint density at radius 3 is 2.55 bits per heavy atom. The maximum atomic E-state index is 12.5. The fourth-order valence-corrected chi connectivity index (χ4v) is 4.51. The SMILES string of the molecule is CC(=O)Nc1ccc(S(=O)(=O)N2CCCSCC2)cc1. The third kappa shape index (κ3) is 3.74. The number of nitrogens with zero attached hydrogens (tertiary/aromatic N) is 1. The first-order valence-electron chi connectivity index (χ1n) is 6.46. The Morgan fingerprint density at radius 1 is 1.20 bits per heavy atom. The van der Waals surface area contributed by atoms with Crippen molar-refractivity contribution in [3.8, 4) is 0 Å². The summed E-state index contributed by atoms with van der Waals surface area (Å²) in [6, 6.07) is 6.30. The molecule has 1 saturated heterocycles. The molecule has 1 amide bonds. The number of nitrogens with one attached hydrogen (secondary N) is 1. The number of sulfonamides is 1. The third-order valence-electron chi connectivity index (χ3n) is 2.99. The Balaban J connectivity index is 2.18. The van der Waals surface area contributed by atoms with Gasteiger partial charge in [0.15, 0.2) is 0 Å². The first kappa shape index (κ1) is 15.3. The molecule has 1 heterocycles. The molecule has 1 aromatic carbocycles.